The Bertz CT molecular complexity index is 524. The van der Waals surface area contributed by atoms with Crippen LogP contribution in [-0.4, -0.2) is 35.2 Å². The molecule has 0 saturated heterocycles. The van der Waals surface area contributed by atoms with Crippen LogP contribution in [0.5, 0.6) is 0 Å². The monoisotopic (exact) mass is 334 g/mol. The SMILES string of the molecule is CCNCc1cc(S(=O)(=O)NCC(C)(C)CCOC)cs1. The van der Waals surface area contributed by atoms with E-state index in [4.69, 9.17) is 4.74 Å². The molecule has 0 aliphatic heterocycles. The average molecular weight is 335 g/mol. The van der Waals surface area contributed by atoms with E-state index in [-0.39, 0.29) is 5.41 Å². The summed E-state index contributed by atoms with van der Waals surface area (Å²) in [4.78, 5) is 1.37. The van der Waals surface area contributed by atoms with Crippen molar-refractivity contribution in [1.82, 2.24) is 10.0 Å². The molecule has 0 spiro atoms. The van der Waals surface area contributed by atoms with E-state index in [1.165, 1.54) is 11.3 Å². The first-order chi connectivity index (χ1) is 9.80. The molecule has 0 aliphatic carbocycles. The highest BCUT2D eigenvalue weighted by molar-refractivity contribution is 7.89. The maximum atomic E-state index is 12.3. The van der Waals surface area contributed by atoms with Crippen molar-refractivity contribution in [2.24, 2.45) is 5.41 Å². The molecule has 7 heteroatoms. The van der Waals surface area contributed by atoms with Crippen LogP contribution in [0.1, 0.15) is 32.1 Å². The summed E-state index contributed by atoms with van der Waals surface area (Å²) in [5.74, 6) is 0. The third-order valence-corrected chi connectivity index (χ3v) is 5.68. The van der Waals surface area contributed by atoms with Crippen molar-refractivity contribution < 1.29 is 13.2 Å². The van der Waals surface area contributed by atoms with Gasteiger partial charge in [-0.25, -0.2) is 13.1 Å². The second-order valence-electron chi connectivity index (χ2n) is 5.76. The van der Waals surface area contributed by atoms with E-state index in [0.29, 0.717) is 24.6 Å². The van der Waals surface area contributed by atoms with Gasteiger partial charge in [0, 0.05) is 37.1 Å². The van der Waals surface area contributed by atoms with Crippen LogP contribution < -0.4 is 10.0 Å². The van der Waals surface area contributed by atoms with E-state index < -0.39 is 10.0 Å². The van der Waals surface area contributed by atoms with Crippen LogP contribution in [0.4, 0.5) is 0 Å². The highest BCUT2D eigenvalue weighted by Gasteiger charge is 2.23. The van der Waals surface area contributed by atoms with E-state index >= 15 is 0 Å². The fourth-order valence-electron chi connectivity index (χ4n) is 1.68. The molecule has 1 heterocycles. The van der Waals surface area contributed by atoms with Crippen molar-refractivity contribution in [3.05, 3.63) is 16.3 Å². The Kier molecular flexibility index (Phi) is 7.29. The predicted molar refractivity (Wildman–Crippen MR) is 87.2 cm³/mol. The van der Waals surface area contributed by atoms with Crippen LogP contribution >= 0.6 is 11.3 Å². The number of sulfonamides is 1. The van der Waals surface area contributed by atoms with Gasteiger partial charge in [0.2, 0.25) is 10.0 Å². The third-order valence-electron chi connectivity index (χ3n) is 3.21. The maximum Gasteiger partial charge on any atom is 0.241 e. The van der Waals surface area contributed by atoms with E-state index in [2.05, 4.69) is 10.0 Å². The summed E-state index contributed by atoms with van der Waals surface area (Å²) >= 11 is 1.46. The highest BCUT2D eigenvalue weighted by atomic mass is 32.2. The van der Waals surface area contributed by atoms with Gasteiger partial charge >= 0.3 is 0 Å². The molecule has 0 atom stereocenters. The van der Waals surface area contributed by atoms with Crippen LogP contribution in [-0.2, 0) is 21.3 Å². The zero-order valence-corrected chi connectivity index (χ0v) is 14.9. The molecular formula is C14H26N2O3S2. The summed E-state index contributed by atoms with van der Waals surface area (Å²) in [7, 11) is -1.78. The van der Waals surface area contributed by atoms with Gasteiger partial charge in [0.1, 0.15) is 0 Å². The number of methoxy groups -OCH3 is 1. The molecule has 0 unspecified atom stereocenters. The molecule has 0 fully saturated rings. The van der Waals surface area contributed by atoms with Crippen LogP contribution in [0.25, 0.3) is 0 Å². The van der Waals surface area contributed by atoms with E-state index in [1.807, 2.05) is 20.8 Å². The number of thiophene rings is 1. The lowest BCUT2D eigenvalue weighted by atomic mass is 9.90. The van der Waals surface area contributed by atoms with Gasteiger partial charge in [-0.1, -0.05) is 20.8 Å². The minimum Gasteiger partial charge on any atom is -0.385 e. The zero-order valence-electron chi connectivity index (χ0n) is 13.2. The number of hydrogen-bond acceptors (Lipinski definition) is 5. The Morgan fingerprint density at radius 3 is 2.71 bits per heavy atom. The molecule has 0 radical (unpaired) electrons. The Morgan fingerprint density at radius 2 is 2.10 bits per heavy atom. The lowest BCUT2D eigenvalue weighted by Gasteiger charge is -2.24. The summed E-state index contributed by atoms with van der Waals surface area (Å²) in [6.45, 7) is 8.67. The minimum atomic E-state index is -3.43. The van der Waals surface area contributed by atoms with Crippen molar-refractivity contribution in [3.8, 4) is 0 Å². The average Bonchev–Trinajstić information content (AvgIpc) is 2.91. The van der Waals surface area contributed by atoms with Crippen molar-refractivity contribution in [3.63, 3.8) is 0 Å². The summed E-state index contributed by atoms with van der Waals surface area (Å²) in [5.41, 5.74) is -0.133. The fraction of sp³-hybridized carbons (Fsp3) is 0.714. The summed E-state index contributed by atoms with van der Waals surface area (Å²) in [6, 6.07) is 1.73. The molecule has 122 valence electrons. The first-order valence-electron chi connectivity index (χ1n) is 7.07. The summed E-state index contributed by atoms with van der Waals surface area (Å²) in [6.07, 6.45) is 0.807. The first kappa shape index (κ1) is 18.6. The van der Waals surface area contributed by atoms with Crippen LogP contribution in [0.2, 0.25) is 0 Å². The van der Waals surface area contributed by atoms with Crippen LogP contribution in [0.15, 0.2) is 16.3 Å². The maximum absolute atomic E-state index is 12.3. The van der Waals surface area contributed by atoms with Gasteiger partial charge < -0.3 is 10.1 Å². The van der Waals surface area contributed by atoms with E-state index in [9.17, 15) is 8.42 Å². The standard InChI is InChI=1S/C14H26N2O3S2/c1-5-15-9-12-8-13(10-20-12)21(17,18)16-11-14(2,3)6-7-19-4/h8,10,15-16H,5-7,9,11H2,1-4H3. The molecule has 0 bridgehead atoms. The molecule has 21 heavy (non-hydrogen) atoms. The molecule has 0 aliphatic rings. The molecule has 5 nitrogen and oxygen atoms in total. The van der Waals surface area contributed by atoms with Crippen molar-refractivity contribution in [2.45, 2.75) is 38.6 Å². The Balaban J connectivity index is 2.62. The van der Waals surface area contributed by atoms with E-state index in [1.54, 1.807) is 18.6 Å². The molecule has 1 aromatic rings. The van der Waals surface area contributed by atoms with Crippen molar-refractivity contribution >= 4 is 21.4 Å². The number of hydrogen-bond donors (Lipinski definition) is 2. The summed E-state index contributed by atoms with van der Waals surface area (Å²) in [5, 5.41) is 4.88. The topological polar surface area (TPSA) is 67.4 Å². The second kappa shape index (κ2) is 8.24. The molecular weight excluding hydrogens is 308 g/mol. The van der Waals surface area contributed by atoms with Gasteiger partial charge in [0.05, 0.1) is 4.90 Å². The number of nitrogens with one attached hydrogen (secondary N) is 2. The molecule has 1 rings (SSSR count). The van der Waals surface area contributed by atoms with Crippen molar-refractivity contribution in [2.75, 3.05) is 26.8 Å². The van der Waals surface area contributed by atoms with Gasteiger partial charge in [-0.15, -0.1) is 11.3 Å². The van der Waals surface area contributed by atoms with Gasteiger partial charge in [0.15, 0.2) is 0 Å². The number of ether oxygens (including phenoxy) is 1. The lowest BCUT2D eigenvalue weighted by molar-refractivity contribution is 0.153. The largest absolute Gasteiger partial charge is 0.385 e. The fourth-order valence-corrected chi connectivity index (χ4v) is 4.17. The molecule has 2 N–H and O–H groups in total. The lowest BCUT2D eigenvalue weighted by Crippen LogP contribution is -2.34. The Hall–Kier alpha value is -0.470. The Labute approximate surface area is 132 Å². The van der Waals surface area contributed by atoms with Gasteiger partial charge in [0.25, 0.3) is 0 Å². The van der Waals surface area contributed by atoms with Gasteiger partial charge in [-0.3, -0.25) is 0 Å². The highest BCUT2D eigenvalue weighted by Crippen LogP contribution is 2.22. The van der Waals surface area contributed by atoms with Gasteiger partial charge in [-0.2, -0.15) is 0 Å². The smallest absolute Gasteiger partial charge is 0.241 e. The predicted octanol–water partition coefficient (Wildman–Crippen LogP) is 2.20. The quantitative estimate of drug-likeness (QED) is 0.688. The number of rotatable bonds is 10. The second-order valence-corrected chi connectivity index (χ2v) is 8.52. The third kappa shape index (κ3) is 6.44. The van der Waals surface area contributed by atoms with Gasteiger partial charge in [-0.05, 0) is 24.4 Å². The first-order valence-corrected chi connectivity index (χ1v) is 9.44. The van der Waals surface area contributed by atoms with Crippen molar-refractivity contribution in [1.29, 1.82) is 0 Å². The van der Waals surface area contributed by atoms with Crippen LogP contribution in [0.3, 0.4) is 0 Å². The normalized spacial score (nSPS) is 12.8. The zero-order chi connectivity index (χ0) is 15.9. The summed E-state index contributed by atoms with van der Waals surface area (Å²) < 4.78 is 32.3. The van der Waals surface area contributed by atoms with Crippen LogP contribution in [0, 0.1) is 5.41 Å². The van der Waals surface area contributed by atoms with E-state index in [0.717, 1.165) is 17.8 Å². The minimum absolute atomic E-state index is 0.133. The molecule has 0 amide bonds. The Morgan fingerprint density at radius 1 is 1.38 bits per heavy atom. The molecule has 0 saturated carbocycles. The molecule has 1 aromatic heterocycles. The molecule has 0 aromatic carbocycles.